The minimum Gasteiger partial charge on any atom is -0.350 e. The third kappa shape index (κ3) is 2.11. The second-order valence-corrected chi connectivity index (χ2v) is 6.06. The zero-order chi connectivity index (χ0) is 13.4. The van der Waals surface area contributed by atoms with Crippen molar-refractivity contribution in [2.24, 2.45) is 13.0 Å². The van der Waals surface area contributed by atoms with Gasteiger partial charge >= 0.3 is 0 Å². The maximum atomic E-state index is 4.23. The quantitative estimate of drug-likeness (QED) is 0.662. The summed E-state index contributed by atoms with van der Waals surface area (Å²) in [5.74, 6) is 1.33. The molecule has 0 saturated heterocycles. The van der Waals surface area contributed by atoms with Crippen molar-refractivity contribution >= 4 is 10.9 Å². The lowest BCUT2D eigenvalue weighted by molar-refractivity contribution is 0.349. The van der Waals surface area contributed by atoms with Crippen LogP contribution in [0.4, 0.5) is 0 Å². The van der Waals surface area contributed by atoms with Crippen LogP contribution in [0.3, 0.4) is 0 Å². The largest absolute Gasteiger partial charge is 0.350 e. The highest BCUT2D eigenvalue weighted by atomic mass is 14.9. The Morgan fingerprint density at radius 2 is 1.95 bits per heavy atom. The molecule has 1 aliphatic carbocycles. The van der Waals surface area contributed by atoms with E-state index in [0.717, 1.165) is 0 Å². The van der Waals surface area contributed by atoms with Crippen LogP contribution in [-0.4, -0.2) is 4.57 Å². The zero-order valence-electron chi connectivity index (χ0n) is 12.0. The van der Waals surface area contributed by atoms with E-state index in [0.29, 0.717) is 11.8 Å². The Morgan fingerprint density at radius 3 is 2.74 bits per heavy atom. The zero-order valence-corrected chi connectivity index (χ0v) is 12.0. The molecular formula is C18H23N. The Morgan fingerprint density at radius 1 is 1.21 bits per heavy atom. The fourth-order valence-electron chi connectivity index (χ4n) is 3.76. The molecule has 0 bridgehead atoms. The van der Waals surface area contributed by atoms with Crippen LogP contribution >= 0.6 is 0 Å². The van der Waals surface area contributed by atoms with Crippen molar-refractivity contribution in [2.45, 2.75) is 38.5 Å². The van der Waals surface area contributed by atoms with Gasteiger partial charge in [0, 0.05) is 24.1 Å². The molecule has 2 atom stereocenters. The van der Waals surface area contributed by atoms with Crippen LogP contribution in [0.15, 0.2) is 42.6 Å². The molecule has 100 valence electrons. The highest BCUT2D eigenvalue weighted by Crippen LogP contribution is 2.43. The third-order valence-electron chi connectivity index (χ3n) is 4.73. The first-order valence-electron chi connectivity index (χ1n) is 7.38. The molecular weight excluding hydrogens is 230 g/mol. The Kier molecular flexibility index (Phi) is 3.22. The van der Waals surface area contributed by atoms with Crippen molar-refractivity contribution in [3.63, 3.8) is 0 Å². The second-order valence-electron chi connectivity index (χ2n) is 6.06. The van der Waals surface area contributed by atoms with Gasteiger partial charge in [0.1, 0.15) is 0 Å². The van der Waals surface area contributed by atoms with Crippen LogP contribution in [0.2, 0.25) is 0 Å². The highest BCUT2D eigenvalue weighted by molar-refractivity contribution is 5.84. The van der Waals surface area contributed by atoms with E-state index in [9.17, 15) is 0 Å². The number of para-hydroxylation sites is 1. The van der Waals surface area contributed by atoms with Gasteiger partial charge in [0.25, 0.3) is 0 Å². The molecule has 1 fully saturated rings. The normalized spacial score (nSPS) is 23.7. The van der Waals surface area contributed by atoms with E-state index in [1.54, 1.807) is 0 Å². The predicted molar refractivity (Wildman–Crippen MR) is 82.4 cm³/mol. The van der Waals surface area contributed by atoms with E-state index < -0.39 is 0 Å². The molecule has 1 heterocycles. The maximum Gasteiger partial charge on any atom is 0.0480 e. The SMILES string of the molecule is C=C(C)[C@@H]1CCCC[C@H]1c1cn(C)c2ccccc12. The maximum absolute atomic E-state index is 4.23. The van der Waals surface area contributed by atoms with Gasteiger partial charge in [0.2, 0.25) is 0 Å². The molecule has 0 spiro atoms. The highest BCUT2D eigenvalue weighted by Gasteiger charge is 2.28. The van der Waals surface area contributed by atoms with Crippen molar-refractivity contribution in [3.05, 3.63) is 48.2 Å². The first-order valence-corrected chi connectivity index (χ1v) is 7.38. The fraction of sp³-hybridized carbons (Fsp3) is 0.444. The Balaban J connectivity index is 2.09. The number of aryl methyl sites for hydroxylation is 1. The van der Waals surface area contributed by atoms with Gasteiger partial charge in [0.15, 0.2) is 0 Å². The molecule has 0 N–H and O–H groups in total. The monoisotopic (exact) mass is 253 g/mol. The summed E-state index contributed by atoms with van der Waals surface area (Å²) < 4.78 is 2.27. The van der Waals surface area contributed by atoms with Gasteiger partial charge in [-0.1, -0.05) is 43.2 Å². The van der Waals surface area contributed by atoms with E-state index in [1.165, 1.54) is 47.7 Å². The summed E-state index contributed by atoms with van der Waals surface area (Å²) in [7, 11) is 2.16. The van der Waals surface area contributed by atoms with Crippen LogP contribution in [0.25, 0.3) is 10.9 Å². The van der Waals surface area contributed by atoms with Crippen LogP contribution < -0.4 is 0 Å². The minimum atomic E-state index is 0.664. The molecule has 1 heteroatoms. The standard InChI is InChI=1S/C18H23N/c1-13(2)14-8-4-5-9-15(14)17-12-19(3)18-11-7-6-10-16(17)18/h6-7,10-12,14-15H,1,4-5,8-9H2,2-3H3/t14-,15+/m0/s1. The smallest absolute Gasteiger partial charge is 0.0480 e. The van der Waals surface area contributed by atoms with Crippen molar-refractivity contribution < 1.29 is 0 Å². The van der Waals surface area contributed by atoms with E-state index >= 15 is 0 Å². The van der Waals surface area contributed by atoms with Gasteiger partial charge in [0.05, 0.1) is 0 Å². The number of hydrogen-bond donors (Lipinski definition) is 0. The molecule has 0 aliphatic heterocycles. The van der Waals surface area contributed by atoms with Gasteiger partial charge in [-0.25, -0.2) is 0 Å². The summed E-state index contributed by atoms with van der Waals surface area (Å²) in [4.78, 5) is 0. The molecule has 19 heavy (non-hydrogen) atoms. The summed E-state index contributed by atoms with van der Waals surface area (Å²) in [6, 6.07) is 8.78. The van der Waals surface area contributed by atoms with E-state index in [1.807, 2.05) is 0 Å². The molecule has 1 aromatic carbocycles. The Labute approximate surface area is 115 Å². The summed E-state index contributed by atoms with van der Waals surface area (Å²) in [6.45, 7) is 6.44. The first kappa shape index (κ1) is 12.5. The van der Waals surface area contributed by atoms with E-state index in [4.69, 9.17) is 0 Å². The van der Waals surface area contributed by atoms with Crippen LogP contribution in [-0.2, 0) is 7.05 Å². The van der Waals surface area contributed by atoms with Crippen molar-refractivity contribution in [1.82, 2.24) is 4.57 Å². The lowest BCUT2D eigenvalue weighted by atomic mass is 9.73. The summed E-state index contributed by atoms with van der Waals surface area (Å²) in [5, 5.41) is 1.43. The minimum absolute atomic E-state index is 0.664. The van der Waals surface area contributed by atoms with Crippen molar-refractivity contribution in [3.8, 4) is 0 Å². The number of rotatable bonds is 2. The van der Waals surface area contributed by atoms with Gasteiger partial charge in [-0.05, 0) is 43.2 Å². The lowest BCUT2D eigenvalue weighted by Gasteiger charge is -2.32. The Hall–Kier alpha value is -1.50. The second kappa shape index (κ2) is 4.88. The van der Waals surface area contributed by atoms with E-state index in [-0.39, 0.29) is 0 Å². The third-order valence-corrected chi connectivity index (χ3v) is 4.73. The summed E-state index contributed by atoms with van der Waals surface area (Å²) in [5.41, 5.74) is 4.24. The molecule has 0 unspecified atom stereocenters. The summed E-state index contributed by atoms with van der Waals surface area (Å²) >= 11 is 0. The number of hydrogen-bond acceptors (Lipinski definition) is 0. The number of fused-ring (bicyclic) bond motifs is 1. The van der Waals surface area contributed by atoms with Crippen LogP contribution in [0.5, 0.6) is 0 Å². The summed E-state index contributed by atoms with van der Waals surface area (Å²) in [6.07, 6.45) is 7.68. The van der Waals surface area contributed by atoms with Crippen LogP contribution in [0, 0.1) is 5.92 Å². The number of nitrogens with zero attached hydrogens (tertiary/aromatic N) is 1. The van der Waals surface area contributed by atoms with Gasteiger partial charge in [-0.2, -0.15) is 0 Å². The van der Waals surface area contributed by atoms with Crippen molar-refractivity contribution in [1.29, 1.82) is 0 Å². The number of aromatic nitrogens is 1. The molecule has 0 amide bonds. The van der Waals surface area contributed by atoms with E-state index in [2.05, 4.69) is 55.6 Å². The average Bonchev–Trinajstić information content (AvgIpc) is 2.77. The average molecular weight is 253 g/mol. The van der Waals surface area contributed by atoms with Gasteiger partial charge in [-0.3, -0.25) is 0 Å². The van der Waals surface area contributed by atoms with Crippen molar-refractivity contribution in [2.75, 3.05) is 0 Å². The molecule has 1 aliphatic rings. The predicted octanol–water partition coefficient (Wildman–Crippen LogP) is 5.03. The molecule has 1 aromatic heterocycles. The first-order chi connectivity index (χ1) is 9.18. The lowest BCUT2D eigenvalue weighted by Crippen LogP contribution is -2.18. The molecule has 1 saturated carbocycles. The van der Waals surface area contributed by atoms with Gasteiger partial charge < -0.3 is 4.57 Å². The Bertz CT molecular complexity index is 605. The number of allylic oxidation sites excluding steroid dienone is 1. The molecule has 0 radical (unpaired) electrons. The molecule has 1 nitrogen and oxygen atoms in total. The van der Waals surface area contributed by atoms with Crippen LogP contribution in [0.1, 0.15) is 44.1 Å². The fourth-order valence-corrected chi connectivity index (χ4v) is 3.76. The molecule has 2 aromatic rings. The number of benzene rings is 1. The van der Waals surface area contributed by atoms with Gasteiger partial charge in [-0.15, -0.1) is 0 Å². The topological polar surface area (TPSA) is 4.93 Å². The molecule has 3 rings (SSSR count).